The average Bonchev–Trinajstić information content (AvgIpc) is 2.23. The highest BCUT2D eigenvalue weighted by atomic mass is 79.9. The predicted molar refractivity (Wildman–Crippen MR) is 60.3 cm³/mol. The summed E-state index contributed by atoms with van der Waals surface area (Å²) in [5.74, 6) is -0.608. The molecule has 1 rings (SSSR count). The van der Waals surface area contributed by atoms with Gasteiger partial charge in [-0.2, -0.15) is 0 Å². The van der Waals surface area contributed by atoms with Crippen LogP contribution in [-0.2, 0) is 16.0 Å². The Morgan fingerprint density at radius 2 is 2.19 bits per heavy atom. The Morgan fingerprint density at radius 1 is 1.56 bits per heavy atom. The maximum absolute atomic E-state index is 12.8. The zero-order valence-electron chi connectivity index (χ0n) is 8.14. The number of rotatable bonds is 3. The third-order valence-corrected chi connectivity index (χ3v) is 3.84. The Kier molecular flexibility index (Phi) is 4.79. The van der Waals surface area contributed by atoms with Crippen molar-refractivity contribution in [3.8, 4) is 0 Å². The third-order valence-electron chi connectivity index (χ3n) is 1.85. The van der Waals surface area contributed by atoms with Crippen LogP contribution in [0.5, 0.6) is 0 Å². The minimum Gasteiger partial charge on any atom is -0.469 e. The molecule has 1 aromatic rings. The smallest absolute Gasteiger partial charge is 0.311 e. The summed E-state index contributed by atoms with van der Waals surface area (Å²) < 4.78 is 30.6. The summed E-state index contributed by atoms with van der Waals surface area (Å²) in [7, 11) is 1.19. The summed E-state index contributed by atoms with van der Waals surface area (Å²) in [6.45, 7) is 0. The molecule has 0 saturated heterocycles. The number of methoxy groups -OCH3 is 1. The molecule has 0 spiro atoms. The Morgan fingerprint density at radius 3 is 2.69 bits per heavy atom. The van der Waals surface area contributed by atoms with E-state index in [4.69, 9.17) is 0 Å². The SMILES string of the molecule is COC(=O)Cc1ncc(Br)c(Br)c1C(F)F. The molecule has 0 aromatic carbocycles. The van der Waals surface area contributed by atoms with Crippen LogP contribution < -0.4 is 0 Å². The molecule has 88 valence electrons. The first-order valence-electron chi connectivity index (χ1n) is 4.15. The lowest BCUT2D eigenvalue weighted by Crippen LogP contribution is -2.09. The van der Waals surface area contributed by atoms with Crippen LogP contribution in [0.25, 0.3) is 0 Å². The van der Waals surface area contributed by atoms with E-state index in [0.29, 0.717) is 4.47 Å². The van der Waals surface area contributed by atoms with Gasteiger partial charge in [-0.05, 0) is 31.9 Å². The molecule has 0 saturated carbocycles. The maximum atomic E-state index is 12.8. The number of pyridine rings is 1. The van der Waals surface area contributed by atoms with Gasteiger partial charge in [0, 0.05) is 10.7 Å². The van der Waals surface area contributed by atoms with Crippen LogP contribution >= 0.6 is 31.9 Å². The van der Waals surface area contributed by atoms with Crippen molar-refractivity contribution in [3.63, 3.8) is 0 Å². The van der Waals surface area contributed by atoms with E-state index in [9.17, 15) is 13.6 Å². The fourth-order valence-corrected chi connectivity index (χ4v) is 1.91. The van der Waals surface area contributed by atoms with Gasteiger partial charge >= 0.3 is 5.97 Å². The van der Waals surface area contributed by atoms with Crippen LogP contribution in [0.15, 0.2) is 15.1 Å². The first-order chi connectivity index (χ1) is 7.47. The molecule has 0 radical (unpaired) electrons. The van der Waals surface area contributed by atoms with Crippen LogP contribution in [0.2, 0.25) is 0 Å². The van der Waals surface area contributed by atoms with Crippen LogP contribution in [0.1, 0.15) is 17.7 Å². The molecular weight excluding hydrogens is 352 g/mol. The minimum atomic E-state index is -2.71. The van der Waals surface area contributed by atoms with E-state index in [-0.39, 0.29) is 22.2 Å². The predicted octanol–water partition coefficient (Wildman–Crippen LogP) is 3.26. The lowest BCUT2D eigenvalue weighted by Gasteiger charge is -2.10. The summed E-state index contributed by atoms with van der Waals surface area (Å²) in [4.78, 5) is 14.8. The van der Waals surface area contributed by atoms with Gasteiger partial charge in [0.2, 0.25) is 0 Å². The van der Waals surface area contributed by atoms with Crippen molar-refractivity contribution >= 4 is 37.8 Å². The van der Waals surface area contributed by atoms with Crippen molar-refractivity contribution in [3.05, 3.63) is 26.4 Å². The molecule has 7 heteroatoms. The topological polar surface area (TPSA) is 39.2 Å². The first-order valence-corrected chi connectivity index (χ1v) is 5.73. The van der Waals surface area contributed by atoms with Gasteiger partial charge in [0.05, 0.1) is 29.3 Å². The molecule has 0 atom stereocenters. The van der Waals surface area contributed by atoms with Crippen molar-refractivity contribution in [1.29, 1.82) is 0 Å². The summed E-state index contributed by atoms with van der Waals surface area (Å²) in [5, 5.41) is 0. The van der Waals surface area contributed by atoms with Gasteiger partial charge in [-0.15, -0.1) is 0 Å². The molecule has 0 bridgehead atoms. The number of aromatic nitrogens is 1. The number of hydrogen-bond donors (Lipinski definition) is 0. The summed E-state index contributed by atoms with van der Waals surface area (Å²) >= 11 is 6.10. The largest absolute Gasteiger partial charge is 0.469 e. The maximum Gasteiger partial charge on any atom is 0.311 e. The number of alkyl halides is 2. The minimum absolute atomic E-state index is 0.0110. The molecule has 16 heavy (non-hydrogen) atoms. The van der Waals surface area contributed by atoms with Crippen molar-refractivity contribution in [2.75, 3.05) is 7.11 Å². The lowest BCUT2D eigenvalue weighted by molar-refractivity contribution is -0.139. The quantitative estimate of drug-likeness (QED) is 0.778. The molecule has 1 aromatic heterocycles. The van der Waals surface area contributed by atoms with Crippen LogP contribution in [0.4, 0.5) is 8.78 Å². The van der Waals surface area contributed by atoms with Crippen molar-refractivity contribution in [1.82, 2.24) is 4.98 Å². The molecular formula is C9H7Br2F2NO2. The second-order valence-electron chi connectivity index (χ2n) is 2.83. The Labute approximate surface area is 107 Å². The lowest BCUT2D eigenvalue weighted by atomic mass is 10.1. The molecule has 0 amide bonds. The fraction of sp³-hybridized carbons (Fsp3) is 0.333. The zero-order chi connectivity index (χ0) is 12.3. The van der Waals surface area contributed by atoms with Gasteiger partial charge in [-0.1, -0.05) is 0 Å². The third kappa shape index (κ3) is 2.98. The number of hydrogen-bond acceptors (Lipinski definition) is 3. The van der Waals surface area contributed by atoms with Crippen LogP contribution in [0.3, 0.4) is 0 Å². The summed E-state index contributed by atoms with van der Waals surface area (Å²) in [6.07, 6.45) is -1.63. The number of carbonyl (C=O) groups is 1. The average molecular weight is 359 g/mol. The van der Waals surface area contributed by atoms with Crippen molar-refractivity contribution < 1.29 is 18.3 Å². The number of esters is 1. The standard InChI is InChI=1S/C9H7Br2F2NO2/c1-16-6(15)2-5-7(9(12)13)8(11)4(10)3-14-5/h3,9H,2H2,1H3. The fourth-order valence-electron chi connectivity index (χ4n) is 1.09. The Hall–Kier alpha value is -0.560. The molecule has 0 fully saturated rings. The van der Waals surface area contributed by atoms with Gasteiger partial charge in [0.25, 0.3) is 6.43 Å². The van der Waals surface area contributed by atoms with Gasteiger partial charge in [0.15, 0.2) is 0 Å². The molecule has 0 N–H and O–H groups in total. The number of halogens is 4. The molecule has 0 aliphatic rings. The monoisotopic (exact) mass is 357 g/mol. The Bertz CT molecular complexity index is 413. The first kappa shape index (κ1) is 13.5. The highest BCUT2D eigenvalue weighted by molar-refractivity contribution is 9.13. The van der Waals surface area contributed by atoms with E-state index in [0.717, 1.165) is 0 Å². The highest BCUT2D eigenvalue weighted by Crippen LogP contribution is 2.34. The number of carbonyl (C=O) groups excluding carboxylic acids is 1. The zero-order valence-corrected chi connectivity index (χ0v) is 11.3. The van der Waals surface area contributed by atoms with E-state index in [1.807, 2.05) is 0 Å². The number of nitrogens with zero attached hydrogens (tertiary/aromatic N) is 1. The normalized spacial score (nSPS) is 10.6. The van der Waals surface area contributed by atoms with E-state index in [2.05, 4.69) is 41.6 Å². The highest BCUT2D eigenvalue weighted by Gasteiger charge is 2.21. The molecule has 0 aliphatic carbocycles. The molecule has 0 aliphatic heterocycles. The Balaban J connectivity index is 3.18. The molecule has 1 heterocycles. The second-order valence-corrected chi connectivity index (χ2v) is 4.48. The van der Waals surface area contributed by atoms with Crippen LogP contribution in [-0.4, -0.2) is 18.1 Å². The van der Waals surface area contributed by atoms with Crippen molar-refractivity contribution in [2.45, 2.75) is 12.8 Å². The van der Waals surface area contributed by atoms with E-state index in [1.54, 1.807) is 0 Å². The van der Waals surface area contributed by atoms with Gasteiger partial charge in [0.1, 0.15) is 0 Å². The van der Waals surface area contributed by atoms with Gasteiger partial charge in [-0.3, -0.25) is 9.78 Å². The van der Waals surface area contributed by atoms with Crippen LogP contribution in [0, 0.1) is 0 Å². The van der Waals surface area contributed by atoms with E-state index in [1.165, 1.54) is 13.3 Å². The van der Waals surface area contributed by atoms with Crippen molar-refractivity contribution in [2.24, 2.45) is 0 Å². The van der Waals surface area contributed by atoms with Gasteiger partial charge in [-0.25, -0.2) is 8.78 Å². The molecule has 0 unspecified atom stereocenters. The van der Waals surface area contributed by atoms with E-state index < -0.39 is 12.4 Å². The second kappa shape index (κ2) is 5.67. The number of ether oxygens (including phenoxy) is 1. The summed E-state index contributed by atoms with van der Waals surface area (Å²) in [5.41, 5.74) is -0.281. The molecule has 3 nitrogen and oxygen atoms in total. The van der Waals surface area contributed by atoms with E-state index >= 15 is 0 Å². The van der Waals surface area contributed by atoms with Gasteiger partial charge < -0.3 is 4.74 Å². The summed E-state index contributed by atoms with van der Waals surface area (Å²) in [6, 6.07) is 0.